The Hall–Kier alpha value is -1.91. The van der Waals surface area contributed by atoms with E-state index in [-0.39, 0.29) is 5.56 Å². The van der Waals surface area contributed by atoms with E-state index in [0.29, 0.717) is 0 Å². The molecule has 2 aromatic rings. The van der Waals surface area contributed by atoms with Crippen molar-refractivity contribution in [3.63, 3.8) is 0 Å². The van der Waals surface area contributed by atoms with Gasteiger partial charge in [-0.15, -0.1) is 0 Å². The molecule has 0 aliphatic heterocycles. The summed E-state index contributed by atoms with van der Waals surface area (Å²) in [6.45, 7) is 0.979. The number of halogens is 4. The van der Waals surface area contributed by atoms with Crippen LogP contribution in [0.5, 0.6) is 0 Å². The lowest BCUT2D eigenvalue weighted by Gasteiger charge is -2.09. The minimum Gasteiger partial charge on any atom is -0.265 e. The molecule has 0 radical (unpaired) electrons. The zero-order valence-electron chi connectivity index (χ0n) is 8.77. The Balaban J connectivity index is 2.80. The largest absolute Gasteiger partial charge is 0.265 e. The Morgan fingerprint density at radius 3 is 1.76 bits per heavy atom. The minimum absolute atomic E-state index is 0.0350. The van der Waals surface area contributed by atoms with Crippen molar-refractivity contribution in [3.8, 4) is 11.1 Å². The summed E-state index contributed by atoms with van der Waals surface area (Å²) >= 11 is 0. The number of pyridine rings is 1. The van der Waals surface area contributed by atoms with Gasteiger partial charge < -0.3 is 0 Å². The molecule has 88 valence electrons. The van der Waals surface area contributed by atoms with Crippen LogP contribution in [0.15, 0.2) is 24.5 Å². The first-order valence-electron chi connectivity index (χ1n) is 4.77. The quantitative estimate of drug-likeness (QED) is 0.549. The van der Waals surface area contributed by atoms with Gasteiger partial charge in [0.1, 0.15) is 0 Å². The van der Waals surface area contributed by atoms with Gasteiger partial charge in [0, 0.05) is 18.0 Å². The van der Waals surface area contributed by atoms with Crippen molar-refractivity contribution in [2.24, 2.45) is 0 Å². The molecule has 0 saturated carbocycles. The molecule has 0 spiro atoms. The lowest BCUT2D eigenvalue weighted by atomic mass is 10.0. The third kappa shape index (κ3) is 1.77. The highest BCUT2D eigenvalue weighted by Gasteiger charge is 2.23. The molecular weight excluding hydrogens is 234 g/mol. The Kier molecular flexibility index (Phi) is 2.83. The van der Waals surface area contributed by atoms with Gasteiger partial charge in [0.05, 0.1) is 5.56 Å². The molecule has 0 saturated heterocycles. The van der Waals surface area contributed by atoms with Crippen LogP contribution in [0, 0.1) is 30.2 Å². The standard InChI is InChI=1S/C12H7F4N/c1-6-9(13)11(15)8(12(16)10(6)14)7-2-4-17-5-3-7/h2-5H,1H3. The van der Waals surface area contributed by atoms with Crippen LogP contribution in [0.1, 0.15) is 5.56 Å². The lowest BCUT2D eigenvalue weighted by molar-refractivity contribution is 0.449. The fraction of sp³-hybridized carbons (Fsp3) is 0.0833. The normalized spacial score (nSPS) is 10.6. The summed E-state index contributed by atoms with van der Waals surface area (Å²) in [6.07, 6.45) is 2.56. The van der Waals surface area contributed by atoms with Gasteiger partial charge in [0.2, 0.25) is 0 Å². The van der Waals surface area contributed by atoms with Gasteiger partial charge in [-0.3, -0.25) is 4.98 Å². The van der Waals surface area contributed by atoms with Crippen molar-refractivity contribution < 1.29 is 17.6 Å². The Morgan fingerprint density at radius 2 is 1.29 bits per heavy atom. The first-order chi connectivity index (χ1) is 8.04. The van der Waals surface area contributed by atoms with E-state index in [1.54, 1.807) is 0 Å². The highest BCUT2D eigenvalue weighted by Crippen LogP contribution is 2.31. The Labute approximate surface area is 94.7 Å². The second-order valence-electron chi connectivity index (χ2n) is 3.49. The maximum Gasteiger partial charge on any atom is 0.170 e. The molecular formula is C12H7F4N. The van der Waals surface area contributed by atoms with Crippen LogP contribution in [0.25, 0.3) is 11.1 Å². The highest BCUT2D eigenvalue weighted by molar-refractivity contribution is 5.65. The van der Waals surface area contributed by atoms with E-state index in [1.165, 1.54) is 24.5 Å². The fourth-order valence-corrected chi connectivity index (χ4v) is 1.51. The summed E-state index contributed by atoms with van der Waals surface area (Å²) in [5.74, 6) is -5.55. The smallest absolute Gasteiger partial charge is 0.170 e. The maximum atomic E-state index is 13.6. The summed E-state index contributed by atoms with van der Waals surface area (Å²) in [4.78, 5) is 3.66. The van der Waals surface area contributed by atoms with Gasteiger partial charge in [0.25, 0.3) is 0 Å². The number of hydrogen-bond donors (Lipinski definition) is 0. The van der Waals surface area contributed by atoms with Crippen LogP contribution in [0.2, 0.25) is 0 Å². The predicted octanol–water partition coefficient (Wildman–Crippen LogP) is 3.61. The van der Waals surface area contributed by atoms with Crippen molar-refractivity contribution in [2.45, 2.75) is 6.92 Å². The summed E-state index contributed by atoms with van der Waals surface area (Å²) in [6, 6.07) is 2.55. The number of nitrogens with zero attached hydrogens (tertiary/aromatic N) is 1. The van der Waals surface area contributed by atoms with Gasteiger partial charge in [-0.25, -0.2) is 17.6 Å². The third-order valence-corrected chi connectivity index (χ3v) is 2.45. The molecule has 0 fully saturated rings. The molecule has 2 rings (SSSR count). The Bertz CT molecular complexity index is 537. The molecule has 1 heterocycles. The highest BCUT2D eigenvalue weighted by atomic mass is 19.2. The molecule has 5 heteroatoms. The van der Waals surface area contributed by atoms with E-state index >= 15 is 0 Å². The molecule has 0 N–H and O–H groups in total. The summed E-state index contributed by atoms with van der Waals surface area (Å²) in [7, 11) is 0. The first-order valence-corrected chi connectivity index (χ1v) is 4.77. The van der Waals surface area contributed by atoms with Gasteiger partial charge in [-0.1, -0.05) is 0 Å². The van der Waals surface area contributed by atoms with Crippen LogP contribution in [-0.4, -0.2) is 4.98 Å². The van der Waals surface area contributed by atoms with E-state index in [9.17, 15) is 17.6 Å². The lowest BCUT2D eigenvalue weighted by Crippen LogP contribution is -2.03. The van der Waals surface area contributed by atoms with E-state index < -0.39 is 34.4 Å². The first kappa shape index (κ1) is 11.6. The summed E-state index contributed by atoms with van der Waals surface area (Å²) in [5.41, 5.74) is -1.35. The van der Waals surface area contributed by atoms with Crippen LogP contribution in [-0.2, 0) is 0 Å². The maximum absolute atomic E-state index is 13.6. The van der Waals surface area contributed by atoms with Crippen molar-refractivity contribution in [2.75, 3.05) is 0 Å². The SMILES string of the molecule is Cc1c(F)c(F)c(-c2ccncc2)c(F)c1F. The van der Waals surface area contributed by atoms with E-state index in [1.807, 2.05) is 0 Å². The zero-order valence-corrected chi connectivity index (χ0v) is 8.77. The number of rotatable bonds is 1. The molecule has 0 aliphatic carbocycles. The minimum atomic E-state index is -1.40. The van der Waals surface area contributed by atoms with Crippen LogP contribution in [0.4, 0.5) is 17.6 Å². The molecule has 0 unspecified atom stereocenters. The van der Waals surface area contributed by atoms with Gasteiger partial charge in [-0.05, 0) is 24.6 Å². The summed E-state index contributed by atoms with van der Waals surface area (Å²) < 4.78 is 53.8. The van der Waals surface area contributed by atoms with Crippen molar-refractivity contribution in [1.29, 1.82) is 0 Å². The van der Waals surface area contributed by atoms with Gasteiger partial charge in [0.15, 0.2) is 23.3 Å². The average Bonchev–Trinajstić information content (AvgIpc) is 2.36. The molecule has 1 aromatic carbocycles. The molecule has 0 aliphatic rings. The summed E-state index contributed by atoms with van der Waals surface area (Å²) in [5, 5.41) is 0. The number of aromatic nitrogens is 1. The molecule has 0 amide bonds. The number of hydrogen-bond acceptors (Lipinski definition) is 1. The monoisotopic (exact) mass is 241 g/mol. The van der Waals surface area contributed by atoms with Gasteiger partial charge in [-0.2, -0.15) is 0 Å². The molecule has 1 aromatic heterocycles. The zero-order chi connectivity index (χ0) is 12.6. The third-order valence-electron chi connectivity index (χ3n) is 2.45. The van der Waals surface area contributed by atoms with E-state index in [2.05, 4.69) is 4.98 Å². The van der Waals surface area contributed by atoms with Crippen LogP contribution in [0.3, 0.4) is 0 Å². The fourth-order valence-electron chi connectivity index (χ4n) is 1.51. The topological polar surface area (TPSA) is 12.9 Å². The van der Waals surface area contributed by atoms with Crippen molar-refractivity contribution in [3.05, 3.63) is 53.4 Å². The molecule has 17 heavy (non-hydrogen) atoms. The number of benzene rings is 1. The molecule has 0 bridgehead atoms. The van der Waals surface area contributed by atoms with Gasteiger partial charge >= 0.3 is 0 Å². The van der Waals surface area contributed by atoms with E-state index in [4.69, 9.17) is 0 Å². The van der Waals surface area contributed by atoms with E-state index in [0.717, 1.165) is 6.92 Å². The van der Waals surface area contributed by atoms with Crippen LogP contribution >= 0.6 is 0 Å². The van der Waals surface area contributed by atoms with Crippen LogP contribution < -0.4 is 0 Å². The van der Waals surface area contributed by atoms with Crippen molar-refractivity contribution >= 4 is 0 Å². The molecule has 0 atom stereocenters. The van der Waals surface area contributed by atoms with Crippen molar-refractivity contribution in [1.82, 2.24) is 4.98 Å². The average molecular weight is 241 g/mol. The second-order valence-corrected chi connectivity index (χ2v) is 3.49. The second kappa shape index (κ2) is 4.16. The molecule has 1 nitrogen and oxygen atoms in total. The Morgan fingerprint density at radius 1 is 0.824 bits per heavy atom. The predicted molar refractivity (Wildman–Crippen MR) is 54.2 cm³/mol.